The molecule has 4 nitrogen and oxygen atoms in total. The number of para-hydroxylation sites is 2. The molecule has 0 aliphatic carbocycles. The van der Waals surface area contributed by atoms with Crippen LogP contribution in [0.4, 0.5) is 0 Å². The van der Waals surface area contributed by atoms with Crippen molar-refractivity contribution in [2.24, 2.45) is 5.73 Å². The molecule has 0 bridgehead atoms. The second kappa shape index (κ2) is 4.11. The number of aromatic nitrogens is 2. The van der Waals surface area contributed by atoms with Crippen LogP contribution in [0.5, 0.6) is 0 Å². The topological polar surface area (TPSA) is 67.6 Å². The SMILES string of the molecule is N#CCn1c(CCN)nc2ccccc21. The first-order chi connectivity index (χ1) is 7.36. The van der Waals surface area contributed by atoms with Gasteiger partial charge in [-0.3, -0.25) is 0 Å². The molecule has 1 aromatic carbocycles. The van der Waals surface area contributed by atoms with Gasteiger partial charge in [-0.25, -0.2) is 4.98 Å². The molecule has 0 amide bonds. The van der Waals surface area contributed by atoms with Crippen LogP contribution in [0.25, 0.3) is 11.0 Å². The van der Waals surface area contributed by atoms with E-state index in [1.165, 1.54) is 0 Å². The monoisotopic (exact) mass is 200 g/mol. The van der Waals surface area contributed by atoms with E-state index in [1.807, 2.05) is 28.8 Å². The molecule has 0 fully saturated rings. The summed E-state index contributed by atoms with van der Waals surface area (Å²) in [6.07, 6.45) is 0.705. The molecule has 0 saturated heterocycles. The van der Waals surface area contributed by atoms with Crippen LogP contribution in [0.15, 0.2) is 24.3 Å². The minimum Gasteiger partial charge on any atom is -0.330 e. The molecule has 1 heterocycles. The third-order valence-corrected chi connectivity index (χ3v) is 2.33. The molecule has 1 aromatic heterocycles. The zero-order valence-corrected chi connectivity index (χ0v) is 8.35. The number of benzene rings is 1. The number of hydrogen-bond donors (Lipinski definition) is 1. The Kier molecular flexibility index (Phi) is 2.66. The highest BCUT2D eigenvalue weighted by molar-refractivity contribution is 5.76. The van der Waals surface area contributed by atoms with E-state index in [-0.39, 0.29) is 0 Å². The molecular weight excluding hydrogens is 188 g/mol. The average molecular weight is 200 g/mol. The minimum atomic E-state index is 0.329. The second-order valence-corrected chi connectivity index (χ2v) is 3.30. The van der Waals surface area contributed by atoms with Gasteiger partial charge < -0.3 is 10.3 Å². The van der Waals surface area contributed by atoms with E-state index in [2.05, 4.69) is 11.1 Å². The van der Waals surface area contributed by atoms with Crippen molar-refractivity contribution in [2.75, 3.05) is 6.54 Å². The summed E-state index contributed by atoms with van der Waals surface area (Å²) in [4.78, 5) is 4.45. The Morgan fingerprint density at radius 3 is 2.93 bits per heavy atom. The van der Waals surface area contributed by atoms with Crippen molar-refractivity contribution in [2.45, 2.75) is 13.0 Å². The fourth-order valence-corrected chi connectivity index (χ4v) is 1.69. The lowest BCUT2D eigenvalue weighted by Gasteiger charge is -2.02. The first-order valence-corrected chi connectivity index (χ1v) is 4.88. The maximum Gasteiger partial charge on any atom is 0.112 e. The summed E-state index contributed by atoms with van der Waals surface area (Å²) in [5.41, 5.74) is 7.44. The summed E-state index contributed by atoms with van der Waals surface area (Å²) in [5, 5.41) is 8.76. The van der Waals surface area contributed by atoms with Gasteiger partial charge in [0, 0.05) is 6.42 Å². The number of fused-ring (bicyclic) bond motifs is 1. The highest BCUT2D eigenvalue weighted by Gasteiger charge is 2.08. The Balaban J connectivity index is 2.59. The van der Waals surface area contributed by atoms with Crippen LogP contribution < -0.4 is 5.73 Å². The van der Waals surface area contributed by atoms with Crippen molar-refractivity contribution in [3.63, 3.8) is 0 Å². The lowest BCUT2D eigenvalue weighted by atomic mass is 10.3. The summed E-state index contributed by atoms with van der Waals surface area (Å²) in [5.74, 6) is 0.889. The van der Waals surface area contributed by atoms with Crippen LogP contribution in [0.2, 0.25) is 0 Å². The predicted molar refractivity (Wildman–Crippen MR) is 58.1 cm³/mol. The summed E-state index contributed by atoms with van der Waals surface area (Å²) in [6.45, 7) is 0.880. The fraction of sp³-hybridized carbons (Fsp3) is 0.273. The summed E-state index contributed by atoms with van der Waals surface area (Å²) < 4.78 is 1.92. The van der Waals surface area contributed by atoms with Gasteiger partial charge in [-0.2, -0.15) is 5.26 Å². The number of nitrogens with two attached hydrogens (primary N) is 1. The van der Waals surface area contributed by atoms with Crippen molar-refractivity contribution in [1.29, 1.82) is 5.26 Å². The van der Waals surface area contributed by atoms with Crippen LogP contribution >= 0.6 is 0 Å². The van der Waals surface area contributed by atoms with Crippen molar-refractivity contribution in [3.05, 3.63) is 30.1 Å². The number of hydrogen-bond acceptors (Lipinski definition) is 3. The number of rotatable bonds is 3. The Hall–Kier alpha value is -1.86. The van der Waals surface area contributed by atoms with Crippen molar-refractivity contribution >= 4 is 11.0 Å². The molecule has 2 N–H and O–H groups in total. The van der Waals surface area contributed by atoms with E-state index in [1.54, 1.807) is 0 Å². The molecule has 0 atom stereocenters. The van der Waals surface area contributed by atoms with Gasteiger partial charge in [-0.05, 0) is 18.7 Å². The molecule has 2 rings (SSSR count). The van der Waals surface area contributed by atoms with Gasteiger partial charge in [0.25, 0.3) is 0 Å². The third kappa shape index (κ3) is 1.69. The van der Waals surface area contributed by atoms with Crippen molar-refractivity contribution in [1.82, 2.24) is 9.55 Å². The highest BCUT2D eigenvalue weighted by atomic mass is 15.1. The number of nitriles is 1. The number of nitrogens with zero attached hydrogens (tertiary/aromatic N) is 3. The van der Waals surface area contributed by atoms with E-state index >= 15 is 0 Å². The van der Waals surface area contributed by atoms with E-state index in [9.17, 15) is 0 Å². The van der Waals surface area contributed by atoms with Gasteiger partial charge >= 0.3 is 0 Å². The van der Waals surface area contributed by atoms with E-state index in [0.717, 1.165) is 16.9 Å². The lowest BCUT2D eigenvalue weighted by Crippen LogP contribution is -2.09. The predicted octanol–water partition coefficient (Wildman–Crippen LogP) is 1.06. The van der Waals surface area contributed by atoms with Gasteiger partial charge in [-0.1, -0.05) is 12.1 Å². The molecule has 15 heavy (non-hydrogen) atoms. The van der Waals surface area contributed by atoms with Crippen LogP contribution in [0.1, 0.15) is 5.82 Å². The second-order valence-electron chi connectivity index (χ2n) is 3.30. The molecule has 0 unspecified atom stereocenters. The van der Waals surface area contributed by atoms with Crippen LogP contribution in [0, 0.1) is 11.3 Å². The molecule has 76 valence electrons. The highest BCUT2D eigenvalue weighted by Crippen LogP contribution is 2.15. The first kappa shape index (κ1) is 9.69. The van der Waals surface area contributed by atoms with E-state index < -0.39 is 0 Å². The maximum absolute atomic E-state index is 8.76. The largest absolute Gasteiger partial charge is 0.330 e. The van der Waals surface area contributed by atoms with Crippen LogP contribution in [-0.4, -0.2) is 16.1 Å². The standard InChI is InChI=1S/C11H12N4/c12-6-5-11-14-9-3-1-2-4-10(9)15(11)8-7-13/h1-4H,5-6,8,12H2. The Labute approximate surface area is 87.9 Å². The normalized spacial score (nSPS) is 10.4. The molecule has 0 aliphatic heterocycles. The van der Waals surface area contributed by atoms with Gasteiger partial charge in [0.2, 0.25) is 0 Å². The summed E-state index contributed by atoms with van der Waals surface area (Å²) in [7, 11) is 0. The third-order valence-electron chi connectivity index (χ3n) is 2.33. The molecule has 4 heteroatoms. The Morgan fingerprint density at radius 1 is 1.40 bits per heavy atom. The molecule has 0 radical (unpaired) electrons. The van der Waals surface area contributed by atoms with Crippen LogP contribution in [0.3, 0.4) is 0 Å². The summed E-state index contributed by atoms with van der Waals surface area (Å²) >= 11 is 0. The van der Waals surface area contributed by atoms with E-state index in [0.29, 0.717) is 19.5 Å². The first-order valence-electron chi connectivity index (χ1n) is 4.88. The quantitative estimate of drug-likeness (QED) is 0.805. The maximum atomic E-state index is 8.76. The van der Waals surface area contributed by atoms with Crippen molar-refractivity contribution in [3.8, 4) is 6.07 Å². The fourth-order valence-electron chi connectivity index (χ4n) is 1.69. The van der Waals surface area contributed by atoms with Gasteiger partial charge in [0.15, 0.2) is 0 Å². The zero-order chi connectivity index (χ0) is 10.7. The smallest absolute Gasteiger partial charge is 0.112 e. The van der Waals surface area contributed by atoms with E-state index in [4.69, 9.17) is 11.0 Å². The van der Waals surface area contributed by atoms with Gasteiger partial charge in [0.1, 0.15) is 12.4 Å². The van der Waals surface area contributed by atoms with Crippen molar-refractivity contribution < 1.29 is 0 Å². The Bertz CT molecular complexity index is 507. The molecule has 0 aliphatic rings. The number of imidazole rings is 1. The molecular formula is C11H12N4. The van der Waals surface area contributed by atoms with Crippen LogP contribution in [-0.2, 0) is 13.0 Å². The molecule has 2 aromatic rings. The summed E-state index contributed by atoms with van der Waals surface area (Å²) in [6, 6.07) is 9.95. The minimum absolute atomic E-state index is 0.329. The van der Waals surface area contributed by atoms with Gasteiger partial charge in [0.05, 0.1) is 17.1 Å². The molecule has 0 spiro atoms. The molecule has 0 saturated carbocycles. The Morgan fingerprint density at radius 2 is 2.20 bits per heavy atom. The average Bonchev–Trinajstić information content (AvgIpc) is 2.59. The van der Waals surface area contributed by atoms with Gasteiger partial charge in [-0.15, -0.1) is 0 Å². The zero-order valence-electron chi connectivity index (χ0n) is 8.35. The lowest BCUT2D eigenvalue weighted by molar-refractivity contribution is 0.753.